The smallest absolute Gasteiger partial charge is 0.123 e. The van der Waals surface area contributed by atoms with E-state index in [9.17, 15) is 0 Å². The number of nitrogens with one attached hydrogen (secondary N) is 1. The maximum Gasteiger partial charge on any atom is 0.123 e. The lowest BCUT2D eigenvalue weighted by Gasteiger charge is -2.29. The number of likely N-dealkylation sites (N-methyl/N-ethyl adjacent to an activating group) is 1. The van der Waals surface area contributed by atoms with Crippen LogP contribution in [0.3, 0.4) is 0 Å². The minimum Gasteiger partial charge on any atom is -0.384 e. The Bertz CT molecular complexity index is 733. The third kappa shape index (κ3) is 2.29. The number of amidine groups is 1. The molecule has 110 valence electrons. The third-order valence-corrected chi connectivity index (χ3v) is 4.37. The van der Waals surface area contributed by atoms with Crippen LogP contribution in [0.15, 0.2) is 12.1 Å². The van der Waals surface area contributed by atoms with Gasteiger partial charge in [0, 0.05) is 36.2 Å². The van der Waals surface area contributed by atoms with Crippen molar-refractivity contribution in [3.8, 4) is 0 Å². The first kappa shape index (κ1) is 14.0. The number of fused-ring (bicyclic) bond motifs is 2. The van der Waals surface area contributed by atoms with Crippen molar-refractivity contribution in [3.63, 3.8) is 0 Å². The topological polar surface area (TPSA) is 66.0 Å². The number of hydrogen-bond donors (Lipinski definition) is 2. The molecule has 0 radical (unpaired) electrons. The molecule has 0 fully saturated rings. The van der Waals surface area contributed by atoms with E-state index in [0.717, 1.165) is 59.3 Å². The zero-order valence-corrected chi connectivity index (χ0v) is 13.0. The van der Waals surface area contributed by atoms with Crippen LogP contribution in [-0.4, -0.2) is 28.8 Å². The molecule has 0 spiro atoms. The SMILES string of the molecule is CCN1CCc2nc3c(C)cc(C)cc3c(C(=N)N)c2C1. The first-order valence-corrected chi connectivity index (χ1v) is 7.50. The standard InChI is InChI=1S/C17H22N4/c1-4-21-6-5-14-13(9-21)15(17(18)19)12-8-10(2)7-11(3)16(12)20-14/h7-8H,4-6,9H2,1-3H3,(H3,18,19). The summed E-state index contributed by atoms with van der Waals surface area (Å²) in [5.41, 5.74) is 12.4. The second-order valence-corrected chi connectivity index (χ2v) is 5.92. The van der Waals surface area contributed by atoms with Crippen molar-refractivity contribution in [2.75, 3.05) is 13.1 Å². The average molecular weight is 282 g/mol. The van der Waals surface area contributed by atoms with E-state index < -0.39 is 0 Å². The van der Waals surface area contributed by atoms with E-state index in [1.807, 2.05) is 0 Å². The molecule has 2 aromatic rings. The molecule has 3 rings (SSSR count). The highest BCUT2D eigenvalue weighted by atomic mass is 15.1. The molecule has 1 aromatic heterocycles. The van der Waals surface area contributed by atoms with Gasteiger partial charge in [-0.05, 0) is 37.6 Å². The summed E-state index contributed by atoms with van der Waals surface area (Å²) in [6, 6.07) is 4.25. The summed E-state index contributed by atoms with van der Waals surface area (Å²) in [5, 5.41) is 9.08. The van der Waals surface area contributed by atoms with Crippen molar-refractivity contribution in [2.45, 2.75) is 33.7 Å². The first-order chi connectivity index (χ1) is 10.0. The van der Waals surface area contributed by atoms with Crippen molar-refractivity contribution in [1.82, 2.24) is 9.88 Å². The van der Waals surface area contributed by atoms with Gasteiger partial charge in [0.25, 0.3) is 0 Å². The summed E-state index contributed by atoms with van der Waals surface area (Å²) < 4.78 is 0. The zero-order chi connectivity index (χ0) is 15.1. The number of nitrogens with two attached hydrogens (primary N) is 1. The van der Waals surface area contributed by atoms with Gasteiger partial charge in [0.1, 0.15) is 5.84 Å². The number of nitrogen functional groups attached to an aromatic ring is 1. The van der Waals surface area contributed by atoms with Crippen LogP contribution in [0.2, 0.25) is 0 Å². The van der Waals surface area contributed by atoms with E-state index in [0.29, 0.717) is 0 Å². The molecule has 4 nitrogen and oxygen atoms in total. The second kappa shape index (κ2) is 5.11. The van der Waals surface area contributed by atoms with E-state index in [1.165, 1.54) is 5.56 Å². The maximum atomic E-state index is 8.05. The molecule has 4 heteroatoms. The summed E-state index contributed by atoms with van der Waals surface area (Å²) in [5.74, 6) is 0.154. The van der Waals surface area contributed by atoms with Gasteiger partial charge in [0.2, 0.25) is 0 Å². The molecule has 0 aliphatic carbocycles. The number of hydrogen-bond acceptors (Lipinski definition) is 3. The Morgan fingerprint density at radius 1 is 1.38 bits per heavy atom. The minimum atomic E-state index is 0.154. The predicted molar refractivity (Wildman–Crippen MR) is 86.9 cm³/mol. The number of rotatable bonds is 2. The monoisotopic (exact) mass is 282 g/mol. The van der Waals surface area contributed by atoms with Gasteiger partial charge in [-0.3, -0.25) is 15.3 Å². The van der Waals surface area contributed by atoms with E-state index in [2.05, 4.69) is 37.8 Å². The largest absolute Gasteiger partial charge is 0.384 e. The third-order valence-electron chi connectivity index (χ3n) is 4.37. The first-order valence-electron chi connectivity index (χ1n) is 7.50. The van der Waals surface area contributed by atoms with Crippen LogP contribution in [0.1, 0.15) is 34.9 Å². The van der Waals surface area contributed by atoms with Gasteiger partial charge in [0.15, 0.2) is 0 Å². The zero-order valence-electron chi connectivity index (χ0n) is 13.0. The van der Waals surface area contributed by atoms with E-state index in [4.69, 9.17) is 16.1 Å². The van der Waals surface area contributed by atoms with Gasteiger partial charge in [-0.25, -0.2) is 0 Å². The van der Waals surface area contributed by atoms with Gasteiger partial charge in [-0.2, -0.15) is 0 Å². The predicted octanol–water partition coefficient (Wildman–Crippen LogP) is 2.51. The quantitative estimate of drug-likeness (QED) is 0.657. The molecule has 0 saturated carbocycles. The Labute approximate surface area is 125 Å². The summed E-state index contributed by atoms with van der Waals surface area (Å²) in [6.45, 7) is 9.22. The second-order valence-electron chi connectivity index (χ2n) is 5.92. The summed E-state index contributed by atoms with van der Waals surface area (Å²) in [4.78, 5) is 7.27. The number of pyridine rings is 1. The van der Waals surface area contributed by atoms with E-state index in [-0.39, 0.29) is 5.84 Å². The van der Waals surface area contributed by atoms with Crippen LogP contribution >= 0.6 is 0 Å². The lowest BCUT2D eigenvalue weighted by atomic mass is 9.93. The number of benzene rings is 1. The molecule has 3 N–H and O–H groups in total. The molecule has 0 unspecified atom stereocenters. The fourth-order valence-electron chi connectivity index (χ4n) is 3.33. The molecule has 1 aromatic carbocycles. The lowest BCUT2D eigenvalue weighted by Crippen LogP contribution is -2.33. The molecular weight excluding hydrogens is 260 g/mol. The van der Waals surface area contributed by atoms with Crippen LogP contribution in [-0.2, 0) is 13.0 Å². The summed E-state index contributed by atoms with van der Waals surface area (Å²) in [6.07, 6.45) is 0.937. The van der Waals surface area contributed by atoms with Crippen molar-refractivity contribution >= 4 is 16.7 Å². The number of nitrogens with zero attached hydrogens (tertiary/aromatic N) is 2. The van der Waals surface area contributed by atoms with Gasteiger partial charge < -0.3 is 5.73 Å². The highest BCUT2D eigenvalue weighted by Gasteiger charge is 2.23. The normalized spacial score (nSPS) is 15.2. The molecule has 21 heavy (non-hydrogen) atoms. The van der Waals surface area contributed by atoms with Crippen molar-refractivity contribution in [2.24, 2.45) is 5.73 Å². The van der Waals surface area contributed by atoms with Crippen molar-refractivity contribution < 1.29 is 0 Å². The molecule has 0 saturated heterocycles. The van der Waals surface area contributed by atoms with Gasteiger partial charge >= 0.3 is 0 Å². The van der Waals surface area contributed by atoms with Crippen LogP contribution in [0.4, 0.5) is 0 Å². The van der Waals surface area contributed by atoms with Crippen LogP contribution in [0, 0.1) is 19.3 Å². The van der Waals surface area contributed by atoms with Gasteiger partial charge in [-0.15, -0.1) is 0 Å². The van der Waals surface area contributed by atoms with Crippen LogP contribution < -0.4 is 5.73 Å². The molecule has 1 aliphatic heterocycles. The lowest BCUT2D eigenvalue weighted by molar-refractivity contribution is 0.266. The highest BCUT2D eigenvalue weighted by Crippen LogP contribution is 2.30. The molecule has 0 amide bonds. The fraction of sp³-hybridized carbons (Fsp3) is 0.412. The Balaban J connectivity index is 2.35. The molecule has 1 aliphatic rings. The number of aryl methyl sites for hydroxylation is 2. The van der Waals surface area contributed by atoms with E-state index in [1.54, 1.807) is 0 Å². The Morgan fingerprint density at radius 2 is 2.14 bits per heavy atom. The van der Waals surface area contributed by atoms with E-state index >= 15 is 0 Å². The Kier molecular flexibility index (Phi) is 3.41. The molecule has 0 atom stereocenters. The fourth-order valence-corrected chi connectivity index (χ4v) is 3.33. The summed E-state index contributed by atoms with van der Waals surface area (Å²) in [7, 11) is 0. The van der Waals surface area contributed by atoms with Crippen molar-refractivity contribution in [1.29, 1.82) is 5.41 Å². The molecule has 2 heterocycles. The number of aromatic nitrogens is 1. The Morgan fingerprint density at radius 3 is 2.81 bits per heavy atom. The Hall–Kier alpha value is -1.94. The molecular formula is C17H22N4. The van der Waals surface area contributed by atoms with Crippen molar-refractivity contribution in [3.05, 3.63) is 40.1 Å². The van der Waals surface area contributed by atoms with Gasteiger partial charge in [0.05, 0.1) is 5.52 Å². The molecule has 0 bridgehead atoms. The highest BCUT2D eigenvalue weighted by molar-refractivity contribution is 6.09. The van der Waals surface area contributed by atoms with Gasteiger partial charge in [-0.1, -0.05) is 18.6 Å². The van der Waals surface area contributed by atoms with Crippen LogP contribution in [0.5, 0.6) is 0 Å². The van der Waals surface area contributed by atoms with Crippen LogP contribution in [0.25, 0.3) is 10.9 Å². The maximum absolute atomic E-state index is 8.05. The summed E-state index contributed by atoms with van der Waals surface area (Å²) >= 11 is 0. The minimum absolute atomic E-state index is 0.154. The average Bonchev–Trinajstić information content (AvgIpc) is 2.44.